The first kappa shape index (κ1) is 21.5. The standard InChI is InChI=1S/C23H31N3O2/c1-4-5-6-7-10-17-28-22-12-9-8-11-20(22)18-24-25-23(27)19-13-15-21(16-14-19)26(2)3/h8-9,11-16,18H,4-7,10,17H2,1-3H3,(H,25,27). The Kier molecular flexibility index (Phi) is 9.05. The zero-order valence-corrected chi connectivity index (χ0v) is 17.1. The van der Waals surface area contributed by atoms with Gasteiger partial charge in [-0.2, -0.15) is 5.10 Å². The van der Waals surface area contributed by atoms with Crippen LogP contribution in [0.1, 0.15) is 54.9 Å². The fourth-order valence-electron chi connectivity index (χ4n) is 2.74. The molecule has 0 aliphatic rings. The van der Waals surface area contributed by atoms with Crippen LogP contribution in [0, 0.1) is 0 Å². The Morgan fingerprint density at radius 1 is 1.04 bits per heavy atom. The van der Waals surface area contributed by atoms with Gasteiger partial charge in [-0.05, 0) is 42.8 Å². The fourth-order valence-corrected chi connectivity index (χ4v) is 2.74. The summed E-state index contributed by atoms with van der Waals surface area (Å²) < 4.78 is 5.89. The van der Waals surface area contributed by atoms with Gasteiger partial charge in [-0.15, -0.1) is 0 Å². The highest BCUT2D eigenvalue weighted by molar-refractivity contribution is 5.95. The number of unbranched alkanes of at least 4 members (excludes halogenated alkanes) is 4. The number of anilines is 1. The zero-order valence-electron chi connectivity index (χ0n) is 17.1. The van der Waals surface area contributed by atoms with E-state index in [1.165, 1.54) is 25.7 Å². The van der Waals surface area contributed by atoms with Crippen molar-refractivity contribution in [2.75, 3.05) is 25.6 Å². The van der Waals surface area contributed by atoms with Crippen LogP contribution in [-0.4, -0.2) is 32.8 Å². The maximum absolute atomic E-state index is 12.2. The summed E-state index contributed by atoms with van der Waals surface area (Å²) in [6.07, 6.45) is 7.63. The monoisotopic (exact) mass is 381 g/mol. The molecule has 0 unspecified atom stereocenters. The molecule has 5 heteroatoms. The van der Waals surface area contributed by atoms with Crippen LogP contribution in [0.15, 0.2) is 53.6 Å². The lowest BCUT2D eigenvalue weighted by atomic mass is 10.2. The first-order valence-corrected chi connectivity index (χ1v) is 9.94. The van der Waals surface area contributed by atoms with E-state index >= 15 is 0 Å². The predicted octanol–water partition coefficient (Wildman–Crippen LogP) is 4.87. The predicted molar refractivity (Wildman–Crippen MR) is 117 cm³/mol. The van der Waals surface area contributed by atoms with Crippen molar-refractivity contribution in [2.24, 2.45) is 5.10 Å². The molecule has 1 N–H and O–H groups in total. The minimum atomic E-state index is -0.240. The molecule has 0 atom stereocenters. The summed E-state index contributed by atoms with van der Waals surface area (Å²) in [5.74, 6) is 0.544. The van der Waals surface area contributed by atoms with Gasteiger partial charge >= 0.3 is 0 Å². The highest BCUT2D eigenvalue weighted by Gasteiger charge is 2.05. The largest absolute Gasteiger partial charge is 0.493 e. The number of nitrogens with zero attached hydrogens (tertiary/aromatic N) is 2. The second-order valence-corrected chi connectivity index (χ2v) is 6.94. The summed E-state index contributed by atoms with van der Waals surface area (Å²) >= 11 is 0. The molecule has 0 saturated heterocycles. The Labute approximate surface area is 168 Å². The third-order valence-corrected chi connectivity index (χ3v) is 4.44. The number of hydrogen-bond donors (Lipinski definition) is 1. The summed E-state index contributed by atoms with van der Waals surface area (Å²) in [5, 5.41) is 4.09. The molecule has 28 heavy (non-hydrogen) atoms. The van der Waals surface area contributed by atoms with Crippen LogP contribution in [0.2, 0.25) is 0 Å². The minimum absolute atomic E-state index is 0.240. The van der Waals surface area contributed by atoms with Crippen molar-refractivity contribution < 1.29 is 9.53 Å². The molecule has 5 nitrogen and oxygen atoms in total. The maximum Gasteiger partial charge on any atom is 0.271 e. The Morgan fingerprint density at radius 3 is 2.46 bits per heavy atom. The molecule has 0 heterocycles. The van der Waals surface area contributed by atoms with Crippen LogP contribution >= 0.6 is 0 Å². The summed E-state index contributed by atoms with van der Waals surface area (Å²) in [4.78, 5) is 14.2. The molecule has 0 saturated carbocycles. The number of para-hydroxylation sites is 1. The van der Waals surface area contributed by atoms with Crippen LogP contribution in [-0.2, 0) is 0 Å². The van der Waals surface area contributed by atoms with E-state index in [4.69, 9.17) is 4.74 Å². The molecule has 0 aliphatic carbocycles. The molecule has 150 valence electrons. The summed E-state index contributed by atoms with van der Waals surface area (Å²) in [7, 11) is 3.92. The second kappa shape index (κ2) is 11.8. The molecule has 0 bridgehead atoms. The number of carbonyl (C=O) groups is 1. The van der Waals surface area contributed by atoms with Gasteiger partial charge < -0.3 is 9.64 Å². The van der Waals surface area contributed by atoms with E-state index in [1.807, 2.05) is 55.4 Å². The van der Waals surface area contributed by atoms with Crippen molar-refractivity contribution in [1.29, 1.82) is 0 Å². The van der Waals surface area contributed by atoms with Gasteiger partial charge in [-0.3, -0.25) is 4.79 Å². The first-order valence-electron chi connectivity index (χ1n) is 9.94. The Bertz CT molecular complexity index is 755. The van der Waals surface area contributed by atoms with Crippen molar-refractivity contribution in [2.45, 2.75) is 39.0 Å². The number of benzene rings is 2. The number of nitrogens with one attached hydrogen (secondary N) is 1. The molecular weight excluding hydrogens is 350 g/mol. The third-order valence-electron chi connectivity index (χ3n) is 4.44. The van der Waals surface area contributed by atoms with Crippen molar-refractivity contribution in [1.82, 2.24) is 5.43 Å². The average Bonchev–Trinajstić information content (AvgIpc) is 2.71. The van der Waals surface area contributed by atoms with E-state index < -0.39 is 0 Å². The van der Waals surface area contributed by atoms with Crippen LogP contribution in [0.3, 0.4) is 0 Å². The van der Waals surface area contributed by atoms with Gasteiger partial charge in [0.2, 0.25) is 0 Å². The third kappa shape index (κ3) is 7.06. The van der Waals surface area contributed by atoms with Crippen LogP contribution in [0.25, 0.3) is 0 Å². The van der Waals surface area contributed by atoms with E-state index in [2.05, 4.69) is 17.5 Å². The van der Waals surface area contributed by atoms with Crippen LogP contribution < -0.4 is 15.1 Å². The van der Waals surface area contributed by atoms with Crippen molar-refractivity contribution >= 4 is 17.8 Å². The summed E-state index contributed by atoms with van der Waals surface area (Å²) in [6, 6.07) is 15.1. The van der Waals surface area contributed by atoms with E-state index in [1.54, 1.807) is 18.3 Å². The number of carbonyl (C=O) groups excluding carboxylic acids is 1. The van der Waals surface area contributed by atoms with Crippen molar-refractivity contribution in [3.05, 3.63) is 59.7 Å². The molecule has 0 aromatic heterocycles. The highest BCUT2D eigenvalue weighted by Crippen LogP contribution is 2.17. The smallest absolute Gasteiger partial charge is 0.271 e. The number of amides is 1. The van der Waals surface area contributed by atoms with Gasteiger partial charge in [-0.25, -0.2) is 5.43 Å². The van der Waals surface area contributed by atoms with E-state index in [-0.39, 0.29) is 5.91 Å². The van der Waals surface area contributed by atoms with Crippen molar-refractivity contribution in [3.63, 3.8) is 0 Å². The lowest BCUT2D eigenvalue weighted by molar-refractivity contribution is 0.0955. The normalized spacial score (nSPS) is 10.8. The average molecular weight is 382 g/mol. The molecule has 2 rings (SSSR count). The topological polar surface area (TPSA) is 53.9 Å². The van der Waals surface area contributed by atoms with Gasteiger partial charge in [0.25, 0.3) is 5.91 Å². The number of rotatable bonds is 11. The summed E-state index contributed by atoms with van der Waals surface area (Å²) in [5.41, 5.74) is 5.03. The molecule has 0 fully saturated rings. The number of hydrogen-bond acceptors (Lipinski definition) is 4. The number of hydrazone groups is 1. The Hall–Kier alpha value is -2.82. The fraction of sp³-hybridized carbons (Fsp3) is 0.391. The molecule has 0 spiro atoms. The molecular formula is C23H31N3O2. The molecule has 2 aromatic carbocycles. The molecule has 1 amide bonds. The molecule has 0 radical (unpaired) electrons. The molecule has 0 aliphatic heterocycles. The zero-order chi connectivity index (χ0) is 20.2. The van der Waals surface area contributed by atoms with Crippen LogP contribution in [0.5, 0.6) is 5.75 Å². The van der Waals surface area contributed by atoms with E-state index in [0.717, 1.165) is 23.4 Å². The quantitative estimate of drug-likeness (QED) is 0.343. The highest BCUT2D eigenvalue weighted by atomic mass is 16.5. The minimum Gasteiger partial charge on any atom is -0.493 e. The van der Waals surface area contributed by atoms with Gasteiger partial charge in [0.1, 0.15) is 5.75 Å². The van der Waals surface area contributed by atoms with Crippen molar-refractivity contribution in [3.8, 4) is 5.75 Å². The van der Waals surface area contributed by atoms with E-state index in [0.29, 0.717) is 12.2 Å². The SMILES string of the molecule is CCCCCCCOc1ccccc1C=NNC(=O)c1ccc(N(C)C)cc1. The van der Waals surface area contributed by atoms with Crippen LogP contribution in [0.4, 0.5) is 5.69 Å². The molecule has 2 aromatic rings. The lowest BCUT2D eigenvalue weighted by Gasteiger charge is -2.12. The number of ether oxygens (including phenoxy) is 1. The van der Waals surface area contributed by atoms with Gasteiger partial charge in [0, 0.05) is 30.9 Å². The van der Waals surface area contributed by atoms with Gasteiger partial charge in [0.15, 0.2) is 0 Å². The first-order chi connectivity index (χ1) is 13.6. The maximum atomic E-state index is 12.2. The van der Waals surface area contributed by atoms with Gasteiger partial charge in [-0.1, -0.05) is 44.7 Å². The van der Waals surface area contributed by atoms with E-state index in [9.17, 15) is 4.79 Å². The Morgan fingerprint density at radius 2 is 1.75 bits per heavy atom. The van der Waals surface area contributed by atoms with Gasteiger partial charge in [0.05, 0.1) is 12.8 Å². The lowest BCUT2D eigenvalue weighted by Crippen LogP contribution is -2.18. The second-order valence-electron chi connectivity index (χ2n) is 6.94. The Balaban J connectivity index is 1.87. The summed E-state index contributed by atoms with van der Waals surface area (Å²) in [6.45, 7) is 2.91.